The van der Waals surface area contributed by atoms with Gasteiger partial charge in [-0.1, -0.05) is 78.9 Å². The lowest BCUT2D eigenvalue weighted by atomic mass is 10.1. The maximum atomic E-state index is 2.52. The van der Waals surface area contributed by atoms with Gasteiger partial charge in [0.15, 0.2) is 12.4 Å². The predicted molar refractivity (Wildman–Crippen MR) is 129 cm³/mol. The molecule has 0 unspecified atom stereocenters. The zero-order valence-corrected chi connectivity index (χ0v) is 19.9. The average Bonchev–Trinajstić information content (AvgIpc) is 3.14. The number of hydrogen-bond acceptors (Lipinski definition) is 0. The number of aromatic nitrogens is 2. The fourth-order valence-corrected chi connectivity index (χ4v) is 4.61. The van der Waals surface area contributed by atoms with Gasteiger partial charge in [0, 0.05) is 35.3 Å². The highest BCUT2D eigenvalue weighted by Gasteiger charge is 2.14. The van der Waals surface area contributed by atoms with E-state index in [9.17, 15) is 0 Å². The van der Waals surface area contributed by atoms with E-state index in [0.717, 1.165) is 38.8 Å². The fourth-order valence-electron chi connectivity index (χ4n) is 4.61. The summed E-state index contributed by atoms with van der Waals surface area (Å²) in [5, 5.41) is 2.71. The summed E-state index contributed by atoms with van der Waals surface area (Å²) in [7, 11) is 0. The van der Waals surface area contributed by atoms with Crippen molar-refractivity contribution in [1.29, 1.82) is 0 Å². The Morgan fingerprint density at radius 3 is 1.91 bits per heavy atom. The van der Waals surface area contributed by atoms with Crippen molar-refractivity contribution in [2.24, 2.45) is 0 Å². The van der Waals surface area contributed by atoms with Crippen molar-refractivity contribution in [3.05, 3.63) is 115 Å². The molecule has 0 atom stereocenters. The second-order valence-corrected chi connectivity index (χ2v) is 8.33. The van der Waals surface area contributed by atoms with Gasteiger partial charge in [-0.3, -0.25) is 0 Å². The second-order valence-electron chi connectivity index (χ2n) is 8.33. The highest BCUT2D eigenvalue weighted by molar-refractivity contribution is 6.07. The van der Waals surface area contributed by atoms with E-state index in [0.29, 0.717) is 0 Å². The number of hydrogen-bond donors (Lipinski definition) is 0. The van der Waals surface area contributed by atoms with Gasteiger partial charge < -0.3 is 21.5 Å². The molecule has 5 aromatic rings. The first-order chi connectivity index (χ1) is 15.4. The highest BCUT2D eigenvalue weighted by atomic mass is 79.9. The Hall–Kier alpha value is -2.91. The maximum absolute atomic E-state index is 2.52. The quantitative estimate of drug-likeness (QED) is 0.298. The van der Waals surface area contributed by atoms with Crippen molar-refractivity contribution < 1.29 is 21.5 Å². The monoisotopic (exact) mass is 484 g/mol. The van der Waals surface area contributed by atoms with E-state index in [1.54, 1.807) is 0 Å². The van der Waals surface area contributed by atoms with Crippen LogP contribution < -0.4 is 21.5 Å². The van der Waals surface area contributed by atoms with Crippen molar-refractivity contribution in [1.82, 2.24) is 4.57 Å². The van der Waals surface area contributed by atoms with Crippen molar-refractivity contribution in [3.63, 3.8) is 0 Å². The van der Waals surface area contributed by atoms with Crippen molar-refractivity contribution >= 4 is 21.8 Å². The number of rotatable bonds is 8. The molecule has 0 saturated heterocycles. The minimum Gasteiger partial charge on any atom is -1.00 e. The van der Waals surface area contributed by atoms with Crippen LogP contribution >= 0.6 is 0 Å². The Kier molecular flexibility index (Phi) is 7.39. The number of aryl methyl sites for hydroxylation is 4. The van der Waals surface area contributed by atoms with Gasteiger partial charge in [0.05, 0.1) is 0 Å². The number of para-hydroxylation sites is 1. The topological polar surface area (TPSA) is 8.81 Å². The Morgan fingerprint density at radius 1 is 0.594 bits per heavy atom. The van der Waals surface area contributed by atoms with Gasteiger partial charge >= 0.3 is 0 Å². The lowest BCUT2D eigenvalue weighted by Crippen LogP contribution is -3.00. The van der Waals surface area contributed by atoms with Crippen molar-refractivity contribution in [2.45, 2.75) is 38.8 Å². The molecule has 2 nitrogen and oxygen atoms in total. The van der Waals surface area contributed by atoms with E-state index >= 15 is 0 Å². The summed E-state index contributed by atoms with van der Waals surface area (Å²) in [6.45, 7) is 2.07. The molecule has 0 bridgehead atoms. The summed E-state index contributed by atoms with van der Waals surface area (Å²) >= 11 is 0. The Balaban J connectivity index is 0.00000245. The summed E-state index contributed by atoms with van der Waals surface area (Å²) in [4.78, 5) is 0. The van der Waals surface area contributed by atoms with Gasteiger partial charge in [0.2, 0.25) is 0 Å². The molecule has 0 N–H and O–H groups in total. The first-order valence-electron chi connectivity index (χ1n) is 11.4. The largest absolute Gasteiger partial charge is 1.00 e. The number of pyridine rings is 1. The molecule has 0 radical (unpaired) electrons. The third-order valence-corrected chi connectivity index (χ3v) is 6.19. The molecule has 162 valence electrons. The molecular formula is C29H29BrN2. The second kappa shape index (κ2) is 10.6. The van der Waals surface area contributed by atoms with Gasteiger partial charge in [0.1, 0.15) is 12.1 Å². The molecule has 5 rings (SSSR count). The number of fused-ring (bicyclic) bond motifs is 3. The SMILES string of the molecule is [Br-].c1ccc(CCCn2c3ccccc3c3cc[n+](CCCc4ccccc4)cc32)cc1. The van der Waals surface area contributed by atoms with Gasteiger partial charge in [0.25, 0.3) is 0 Å². The zero-order valence-electron chi connectivity index (χ0n) is 18.3. The van der Waals surface area contributed by atoms with Crippen LogP contribution in [0.2, 0.25) is 0 Å². The lowest BCUT2D eigenvalue weighted by molar-refractivity contribution is -0.696. The van der Waals surface area contributed by atoms with Gasteiger partial charge in [-0.05, 0) is 36.5 Å². The molecule has 0 amide bonds. The maximum Gasteiger partial charge on any atom is 0.193 e. The van der Waals surface area contributed by atoms with E-state index in [1.165, 1.54) is 32.9 Å². The number of benzene rings is 3. The van der Waals surface area contributed by atoms with Crippen LogP contribution in [0.4, 0.5) is 0 Å². The first-order valence-corrected chi connectivity index (χ1v) is 11.4. The standard InChI is InChI=1S/C29H29N2.BrH/c1-3-11-24(12-4-1)15-9-20-30-22-19-27-26-17-7-8-18-28(26)31(29(27)23-30)21-10-16-25-13-5-2-6-14-25;/h1-8,11-14,17-19,22-23H,9-10,15-16,20-21H2;1H/q+1;/p-1. The van der Waals surface area contributed by atoms with E-state index in [4.69, 9.17) is 0 Å². The molecular weight excluding hydrogens is 456 g/mol. The number of halogens is 1. The molecule has 0 saturated carbocycles. The molecule has 3 aromatic carbocycles. The molecule has 0 aliphatic carbocycles. The van der Waals surface area contributed by atoms with E-state index in [1.807, 2.05) is 0 Å². The van der Waals surface area contributed by atoms with E-state index < -0.39 is 0 Å². The molecule has 2 heterocycles. The van der Waals surface area contributed by atoms with Crippen LogP contribution in [0.3, 0.4) is 0 Å². The van der Waals surface area contributed by atoms with Crippen LogP contribution in [0.5, 0.6) is 0 Å². The number of nitrogens with zero attached hydrogens (tertiary/aromatic N) is 2. The Labute approximate surface area is 200 Å². The summed E-state index contributed by atoms with van der Waals surface area (Å²) in [5.74, 6) is 0. The van der Waals surface area contributed by atoms with Crippen LogP contribution in [0.15, 0.2) is 103 Å². The highest BCUT2D eigenvalue weighted by Crippen LogP contribution is 2.28. The summed E-state index contributed by atoms with van der Waals surface area (Å²) in [5.41, 5.74) is 5.52. The fraction of sp³-hybridized carbons (Fsp3) is 0.207. The first kappa shape index (κ1) is 22.3. The predicted octanol–water partition coefficient (Wildman–Crippen LogP) is 3.35. The molecule has 0 spiro atoms. The Morgan fingerprint density at radius 2 is 1.19 bits per heavy atom. The van der Waals surface area contributed by atoms with Crippen LogP contribution in [-0.2, 0) is 25.9 Å². The Bertz CT molecular complexity index is 1280. The van der Waals surface area contributed by atoms with Crippen LogP contribution in [0.25, 0.3) is 21.8 Å². The molecule has 3 heteroatoms. The van der Waals surface area contributed by atoms with Gasteiger partial charge in [-0.25, -0.2) is 4.57 Å². The van der Waals surface area contributed by atoms with Crippen molar-refractivity contribution in [2.75, 3.05) is 0 Å². The summed E-state index contributed by atoms with van der Waals surface area (Å²) in [6, 6.07) is 32.7. The van der Waals surface area contributed by atoms with Gasteiger partial charge in [-0.15, -0.1) is 0 Å². The molecule has 0 aliphatic rings. The average molecular weight is 485 g/mol. The van der Waals surface area contributed by atoms with Gasteiger partial charge in [-0.2, -0.15) is 0 Å². The van der Waals surface area contributed by atoms with Crippen LogP contribution in [-0.4, -0.2) is 4.57 Å². The molecule has 0 aliphatic heterocycles. The lowest BCUT2D eigenvalue weighted by Gasteiger charge is -2.07. The molecule has 2 aromatic heterocycles. The molecule has 0 fully saturated rings. The smallest absolute Gasteiger partial charge is 0.193 e. The summed E-state index contributed by atoms with van der Waals surface area (Å²) in [6.07, 6.45) is 9.11. The minimum absolute atomic E-state index is 0. The third-order valence-electron chi connectivity index (χ3n) is 6.19. The van der Waals surface area contributed by atoms with E-state index in [2.05, 4.69) is 113 Å². The van der Waals surface area contributed by atoms with Crippen LogP contribution in [0.1, 0.15) is 24.0 Å². The third kappa shape index (κ3) is 4.94. The van der Waals surface area contributed by atoms with Crippen molar-refractivity contribution in [3.8, 4) is 0 Å². The van der Waals surface area contributed by atoms with Crippen LogP contribution in [0, 0.1) is 0 Å². The zero-order chi connectivity index (χ0) is 20.9. The minimum atomic E-state index is 0. The summed E-state index contributed by atoms with van der Waals surface area (Å²) < 4.78 is 4.87. The molecule has 32 heavy (non-hydrogen) atoms. The van der Waals surface area contributed by atoms with E-state index in [-0.39, 0.29) is 17.0 Å². The normalized spacial score (nSPS) is 11.0.